The highest BCUT2D eigenvalue weighted by Gasteiger charge is 2.46. The Hall–Kier alpha value is -3.49. The summed E-state index contributed by atoms with van der Waals surface area (Å²) in [5.74, 6) is 1.62. The molecule has 1 saturated carbocycles. The quantitative estimate of drug-likeness (QED) is 0.308. The molecule has 0 saturated heterocycles. The number of amides is 1. The van der Waals surface area contributed by atoms with Crippen LogP contribution in [0, 0.1) is 13.8 Å². The largest absolute Gasteiger partial charge is 0.422 e. The zero-order valence-corrected chi connectivity index (χ0v) is 23.1. The second-order valence-corrected chi connectivity index (χ2v) is 11.7. The summed E-state index contributed by atoms with van der Waals surface area (Å²) in [6.45, 7) is 3.91. The first kappa shape index (κ1) is 24.5. The van der Waals surface area contributed by atoms with Crippen LogP contribution in [0.25, 0.3) is 11.3 Å². The van der Waals surface area contributed by atoms with Gasteiger partial charge in [-0.3, -0.25) is 4.79 Å². The Morgan fingerprint density at radius 3 is 2.64 bits per heavy atom. The molecule has 2 aromatic carbocycles. The number of nitrogens with zero attached hydrogens (tertiary/aromatic N) is 5. The van der Waals surface area contributed by atoms with Crippen LogP contribution < -0.4 is 5.32 Å². The number of fused-ring (bicyclic) bond motifs is 2. The van der Waals surface area contributed by atoms with E-state index in [1.165, 1.54) is 27.8 Å². The van der Waals surface area contributed by atoms with E-state index in [1.54, 1.807) is 30.1 Å². The Morgan fingerprint density at radius 1 is 1.13 bits per heavy atom. The predicted octanol–water partition coefficient (Wildman–Crippen LogP) is 6.27. The normalized spacial score (nSPS) is 20.2. The molecule has 7 rings (SSSR count). The molecule has 1 amide bonds. The summed E-state index contributed by atoms with van der Waals surface area (Å²) >= 11 is 13.3. The molecule has 0 radical (unpaired) electrons. The van der Waals surface area contributed by atoms with Crippen molar-refractivity contribution in [2.24, 2.45) is 0 Å². The predicted molar refractivity (Wildman–Crippen MR) is 147 cm³/mol. The lowest BCUT2D eigenvalue weighted by Crippen LogP contribution is -2.48. The Bertz CT molecular complexity index is 1660. The highest BCUT2D eigenvalue weighted by molar-refractivity contribution is 6.40. The van der Waals surface area contributed by atoms with E-state index in [2.05, 4.69) is 50.7 Å². The molecule has 2 aromatic heterocycles. The average molecular weight is 561 g/mol. The van der Waals surface area contributed by atoms with Crippen molar-refractivity contribution >= 4 is 34.7 Å². The number of carbonyl (C=O) groups is 1. The van der Waals surface area contributed by atoms with Crippen molar-refractivity contribution in [2.75, 3.05) is 0 Å². The molecule has 2 heterocycles. The minimum Gasteiger partial charge on any atom is -0.422 e. The van der Waals surface area contributed by atoms with Gasteiger partial charge in [-0.15, -0.1) is 10.2 Å². The molecule has 3 aliphatic carbocycles. The maximum absolute atomic E-state index is 13.9. The van der Waals surface area contributed by atoms with Crippen molar-refractivity contribution in [1.29, 1.82) is 0 Å². The molecule has 0 aliphatic heterocycles. The smallest absolute Gasteiger partial charge is 0.255 e. The number of benzene rings is 2. The molecule has 39 heavy (non-hydrogen) atoms. The van der Waals surface area contributed by atoms with Crippen LogP contribution in [0.15, 0.2) is 46.6 Å². The van der Waals surface area contributed by atoms with Gasteiger partial charge < -0.3 is 9.73 Å². The molecule has 1 N–H and O–H groups in total. The van der Waals surface area contributed by atoms with Gasteiger partial charge in [-0.2, -0.15) is 5.10 Å². The summed E-state index contributed by atoms with van der Waals surface area (Å²) in [6.07, 6.45) is 6.63. The van der Waals surface area contributed by atoms with Crippen LogP contribution in [0.4, 0.5) is 0 Å². The Kier molecular flexibility index (Phi) is 5.68. The molecule has 0 unspecified atom stereocenters. The Morgan fingerprint density at radius 2 is 1.92 bits per heavy atom. The molecule has 8 nitrogen and oxygen atoms in total. The van der Waals surface area contributed by atoms with Crippen LogP contribution in [0.2, 0.25) is 10.0 Å². The number of carbonyl (C=O) groups excluding carboxylic acids is 1. The molecule has 1 fully saturated rings. The maximum atomic E-state index is 13.9. The van der Waals surface area contributed by atoms with Crippen molar-refractivity contribution in [3.05, 3.63) is 92.1 Å². The number of allylic oxidation sites excluding steroid dienone is 1. The summed E-state index contributed by atoms with van der Waals surface area (Å²) in [5.41, 5.74) is 6.40. The SMILES string of the molecule is Cc1ccc2c(c1)CC1=C2C[C@@](NC(=O)c2c(Cl)cc(-n3cnc(C)n3)cc2Cl)(c2nnc(C3CC3)o2)CC1. The molecule has 198 valence electrons. The highest BCUT2D eigenvalue weighted by Crippen LogP contribution is 2.50. The van der Waals surface area contributed by atoms with Gasteiger partial charge in [-0.05, 0) is 74.8 Å². The monoisotopic (exact) mass is 560 g/mol. The molecule has 3 aliphatic rings. The second kappa shape index (κ2) is 9.03. The molecule has 0 bridgehead atoms. The third-order valence-corrected chi connectivity index (χ3v) is 8.60. The first-order valence-corrected chi connectivity index (χ1v) is 13.9. The van der Waals surface area contributed by atoms with Gasteiger partial charge in [0.2, 0.25) is 11.8 Å². The van der Waals surface area contributed by atoms with Crippen molar-refractivity contribution in [3.8, 4) is 5.69 Å². The van der Waals surface area contributed by atoms with Crippen LogP contribution in [0.3, 0.4) is 0 Å². The lowest BCUT2D eigenvalue weighted by molar-refractivity contribution is 0.0867. The molecule has 4 aromatic rings. The fourth-order valence-electron chi connectivity index (χ4n) is 5.83. The zero-order valence-electron chi connectivity index (χ0n) is 21.6. The minimum absolute atomic E-state index is 0.197. The van der Waals surface area contributed by atoms with Crippen molar-refractivity contribution in [1.82, 2.24) is 30.3 Å². The van der Waals surface area contributed by atoms with Gasteiger partial charge >= 0.3 is 0 Å². The number of rotatable bonds is 5. The van der Waals surface area contributed by atoms with Crippen LogP contribution in [0.5, 0.6) is 0 Å². The third-order valence-electron chi connectivity index (χ3n) is 8.00. The van der Waals surface area contributed by atoms with E-state index in [0.717, 1.165) is 25.7 Å². The van der Waals surface area contributed by atoms with Crippen molar-refractivity contribution < 1.29 is 9.21 Å². The van der Waals surface area contributed by atoms with Gasteiger partial charge in [-0.25, -0.2) is 9.67 Å². The van der Waals surface area contributed by atoms with E-state index in [-0.39, 0.29) is 21.5 Å². The van der Waals surface area contributed by atoms with E-state index in [0.29, 0.717) is 42.1 Å². The summed E-state index contributed by atoms with van der Waals surface area (Å²) in [7, 11) is 0. The van der Waals surface area contributed by atoms with E-state index in [1.807, 2.05) is 0 Å². The van der Waals surface area contributed by atoms with Gasteiger partial charge in [0, 0.05) is 12.3 Å². The van der Waals surface area contributed by atoms with E-state index >= 15 is 0 Å². The van der Waals surface area contributed by atoms with Gasteiger partial charge in [0.25, 0.3) is 5.91 Å². The standard InChI is InChI=1S/C29H26Cl2N6O2/c1-15-3-6-21-19(9-15)10-18-7-8-29(13-22(18)21,28-35-34-27(39-28)17-4-5-17)33-26(38)25-23(30)11-20(12-24(25)31)37-14-32-16(2)36-37/h3,6,9,11-12,14,17H,4-5,7-8,10,13H2,1-2H3,(H,33,38)/t29-/m1/s1. The van der Waals surface area contributed by atoms with E-state index < -0.39 is 5.54 Å². The maximum Gasteiger partial charge on any atom is 0.255 e. The summed E-state index contributed by atoms with van der Waals surface area (Å²) in [6, 6.07) is 9.91. The Balaban J connectivity index is 1.26. The minimum atomic E-state index is -0.878. The zero-order chi connectivity index (χ0) is 26.9. The lowest BCUT2D eigenvalue weighted by atomic mass is 9.77. The summed E-state index contributed by atoms with van der Waals surface area (Å²) in [4.78, 5) is 18.1. The average Bonchev–Trinajstić information content (AvgIpc) is 3.29. The first-order valence-electron chi connectivity index (χ1n) is 13.1. The number of aryl methyl sites for hydroxylation is 2. The van der Waals surface area contributed by atoms with E-state index in [4.69, 9.17) is 27.6 Å². The number of hydrogen-bond donors (Lipinski definition) is 1. The number of aromatic nitrogens is 5. The Labute approximate surface area is 235 Å². The van der Waals surface area contributed by atoms with Gasteiger partial charge in [0.15, 0.2) is 0 Å². The van der Waals surface area contributed by atoms with Crippen LogP contribution >= 0.6 is 23.2 Å². The number of hydrogen-bond acceptors (Lipinski definition) is 6. The van der Waals surface area contributed by atoms with E-state index in [9.17, 15) is 4.79 Å². The number of nitrogens with one attached hydrogen (secondary N) is 1. The lowest BCUT2D eigenvalue weighted by Gasteiger charge is -2.36. The van der Waals surface area contributed by atoms with Crippen molar-refractivity contribution in [2.45, 2.75) is 63.8 Å². The molecule has 1 atom stereocenters. The van der Waals surface area contributed by atoms with Gasteiger partial charge in [0.1, 0.15) is 17.7 Å². The van der Waals surface area contributed by atoms with Crippen LogP contribution in [-0.4, -0.2) is 30.9 Å². The molecular formula is C29H26Cl2N6O2. The molecule has 10 heteroatoms. The molecule has 0 spiro atoms. The van der Waals surface area contributed by atoms with Gasteiger partial charge in [0.05, 0.1) is 21.3 Å². The first-order chi connectivity index (χ1) is 18.8. The van der Waals surface area contributed by atoms with Crippen molar-refractivity contribution in [3.63, 3.8) is 0 Å². The van der Waals surface area contributed by atoms with Gasteiger partial charge in [-0.1, -0.05) is 52.5 Å². The van der Waals surface area contributed by atoms with Crippen LogP contribution in [0.1, 0.15) is 82.7 Å². The topological polar surface area (TPSA) is 98.7 Å². The summed E-state index contributed by atoms with van der Waals surface area (Å²) in [5, 5.41) is 16.8. The fourth-order valence-corrected chi connectivity index (χ4v) is 6.48. The number of halogens is 2. The fraction of sp³-hybridized carbons (Fsp3) is 0.345. The third kappa shape index (κ3) is 4.26. The molecular weight excluding hydrogens is 535 g/mol. The second-order valence-electron chi connectivity index (χ2n) is 10.9. The summed E-state index contributed by atoms with van der Waals surface area (Å²) < 4.78 is 7.81. The van der Waals surface area contributed by atoms with Crippen LogP contribution in [-0.2, 0) is 12.0 Å². The highest BCUT2D eigenvalue weighted by atomic mass is 35.5.